The Morgan fingerprint density at radius 1 is 1.18 bits per heavy atom. The summed E-state index contributed by atoms with van der Waals surface area (Å²) in [6.07, 6.45) is -1.10. The van der Waals surface area contributed by atoms with Crippen LogP contribution in [0.1, 0.15) is 20.8 Å². The first-order chi connectivity index (χ1) is 10.1. The van der Waals surface area contributed by atoms with Crippen LogP contribution in [0.2, 0.25) is 0 Å². The number of anilines is 1. The molecule has 2 rings (SSSR count). The highest BCUT2D eigenvalue weighted by Crippen LogP contribution is 2.39. The number of rotatable bonds is 5. The van der Waals surface area contributed by atoms with Crippen molar-refractivity contribution in [2.45, 2.75) is 32.0 Å². The maximum Gasteiger partial charge on any atom is 0.422 e. The van der Waals surface area contributed by atoms with E-state index in [9.17, 15) is 13.2 Å². The molecule has 1 unspecified atom stereocenters. The average molecular weight is 330 g/mol. The number of amides is 1. The van der Waals surface area contributed by atoms with Gasteiger partial charge in [-0.3, -0.25) is 4.72 Å². The number of ether oxygens (including phenoxy) is 1. The SMILES string of the molecule is CC1(C)OOC1(C)COC(=O)NS(=O)(=O)Nc1ccccc1. The van der Waals surface area contributed by atoms with Gasteiger partial charge in [0.25, 0.3) is 0 Å². The first kappa shape index (κ1) is 16.5. The Hall–Kier alpha value is -1.84. The van der Waals surface area contributed by atoms with E-state index in [0.717, 1.165) is 0 Å². The molecule has 122 valence electrons. The highest BCUT2D eigenvalue weighted by Gasteiger charge is 2.55. The van der Waals surface area contributed by atoms with Gasteiger partial charge in [-0.2, -0.15) is 8.42 Å². The smallest absolute Gasteiger partial charge is 0.422 e. The summed E-state index contributed by atoms with van der Waals surface area (Å²) >= 11 is 0. The summed E-state index contributed by atoms with van der Waals surface area (Å²) < 4.78 is 32.4. The second kappa shape index (κ2) is 5.75. The molecule has 0 radical (unpaired) electrons. The largest absolute Gasteiger partial charge is 0.445 e. The van der Waals surface area contributed by atoms with E-state index in [4.69, 9.17) is 14.5 Å². The van der Waals surface area contributed by atoms with E-state index < -0.39 is 27.5 Å². The average Bonchev–Trinajstić information content (AvgIpc) is 2.43. The van der Waals surface area contributed by atoms with E-state index in [1.165, 1.54) is 0 Å². The number of hydrogen-bond donors (Lipinski definition) is 2. The lowest BCUT2D eigenvalue weighted by atomic mass is 9.86. The molecule has 2 N–H and O–H groups in total. The molecule has 0 aromatic heterocycles. The summed E-state index contributed by atoms with van der Waals surface area (Å²) in [5.41, 5.74) is -1.14. The minimum atomic E-state index is -4.07. The standard InChI is InChI=1S/C13H18N2O6S/c1-12(2)13(3,21-20-12)9-19-11(16)15-22(17,18)14-10-7-5-4-6-8-10/h4-8,14H,9H2,1-3H3,(H,15,16). The predicted molar refractivity (Wildman–Crippen MR) is 78.1 cm³/mol. The Bertz CT molecular complexity index is 646. The van der Waals surface area contributed by atoms with Crippen molar-refractivity contribution in [1.82, 2.24) is 4.72 Å². The van der Waals surface area contributed by atoms with Crippen LogP contribution in [0.4, 0.5) is 10.5 Å². The third kappa shape index (κ3) is 3.67. The van der Waals surface area contributed by atoms with Crippen LogP contribution in [0, 0.1) is 0 Å². The van der Waals surface area contributed by atoms with E-state index in [1.807, 2.05) is 0 Å². The summed E-state index contributed by atoms with van der Waals surface area (Å²) in [7, 11) is -4.07. The van der Waals surface area contributed by atoms with Gasteiger partial charge >= 0.3 is 16.3 Å². The van der Waals surface area contributed by atoms with Crippen LogP contribution in [0.3, 0.4) is 0 Å². The molecular formula is C13H18N2O6S. The number of benzene rings is 1. The Labute approximate surface area is 128 Å². The van der Waals surface area contributed by atoms with Crippen LogP contribution >= 0.6 is 0 Å². The van der Waals surface area contributed by atoms with Crippen molar-refractivity contribution < 1.29 is 27.7 Å². The van der Waals surface area contributed by atoms with Gasteiger partial charge in [0, 0.05) is 0 Å². The monoisotopic (exact) mass is 330 g/mol. The summed E-state index contributed by atoms with van der Waals surface area (Å²) in [6.45, 7) is 5.09. The molecule has 1 atom stereocenters. The summed E-state index contributed by atoms with van der Waals surface area (Å²) in [5.74, 6) is 0. The molecule has 1 saturated heterocycles. The van der Waals surface area contributed by atoms with Crippen molar-refractivity contribution in [3.8, 4) is 0 Å². The molecule has 1 aromatic carbocycles. The van der Waals surface area contributed by atoms with Crippen LogP contribution in [-0.2, 0) is 24.7 Å². The fourth-order valence-corrected chi connectivity index (χ4v) is 2.35. The Morgan fingerprint density at radius 2 is 1.82 bits per heavy atom. The van der Waals surface area contributed by atoms with Crippen molar-refractivity contribution in [2.75, 3.05) is 11.3 Å². The Morgan fingerprint density at radius 3 is 2.32 bits per heavy atom. The van der Waals surface area contributed by atoms with Crippen molar-refractivity contribution in [1.29, 1.82) is 0 Å². The molecule has 1 heterocycles. The van der Waals surface area contributed by atoms with Gasteiger partial charge in [-0.15, -0.1) is 0 Å². The third-order valence-corrected chi connectivity index (χ3v) is 4.37. The molecule has 1 aliphatic heterocycles. The van der Waals surface area contributed by atoms with Crippen LogP contribution in [0.15, 0.2) is 30.3 Å². The minimum absolute atomic E-state index is 0.146. The number of hydrogen-bond acceptors (Lipinski definition) is 6. The van der Waals surface area contributed by atoms with E-state index in [0.29, 0.717) is 5.69 Å². The fourth-order valence-electron chi connectivity index (χ4n) is 1.58. The van der Waals surface area contributed by atoms with Crippen LogP contribution in [-0.4, -0.2) is 32.3 Å². The van der Waals surface area contributed by atoms with Crippen molar-refractivity contribution in [3.05, 3.63) is 30.3 Å². The van der Waals surface area contributed by atoms with Crippen molar-refractivity contribution >= 4 is 22.0 Å². The second-order valence-corrected chi connectivity index (χ2v) is 6.97. The van der Waals surface area contributed by atoms with Crippen molar-refractivity contribution in [3.63, 3.8) is 0 Å². The van der Waals surface area contributed by atoms with Gasteiger partial charge in [-0.05, 0) is 32.9 Å². The van der Waals surface area contributed by atoms with E-state index in [1.54, 1.807) is 55.8 Å². The Balaban J connectivity index is 1.86. The van der Waals surface area contributed by atoms with E-state index in [-0.39, 0.29) is 6.61 Å². The zero-order valence-corrected chi connectivity index (χ0v) is 13.3. The van der Waals surface area contributed by atoms with Crippen LogP contribution in [0.5, 0.6) is 0 Å². The topological polar surface area (TPSA) is 103 Å². The van der Waals surface area contributed by atoms with Gasteiger partial charge in [-0.1, -0.05) is 18.2 Å². The first-order valence-corrected chi connectivity index (χ1v) is 8.01. The van der Waals surface area contributed by atoms with Gasteiger partial charge in [0.05, 0.1) is 5.69 Å². The van der Waals surface area contributed by atoms with E-state index in [2.05, 4.69) is 4.72 Å². The quantitative estimate of drug-likeness (QED) is 0.794. The second-order valence-electron chi connectivity index (χ2n) is 5.56. The van der Waals surface area contributed by atoms with Crippen molar-refractivity contribution in [2.24, 2.45) is 0 Å². The lowest BCUT2D eigenvalue weighted by molar-refractivity contribution is -0.543. The Kier molecular flexibility index (Phi) is 4.32. The van der Waals surface area contributed by atoms with Gasteiger partial charge in [0.1, 0.15) is 12.2 Å². The summed E-state index contributed by atoms with van der Waals surface area (Å²) in [5, 5.41) is 0. The molecule has 0 saturated carbocycles. The highest BCUT2D eigenvalue weighted by molar-refractivity contribution is 7.91. The molecule has 1 aromatic rings. The number of para-hydroxylation sites is 1. The normalized spacial score (nSPS) is 23.2. The maximum atomic E-state index is 11.8. The van der Waals surface area contributed by atoms with Gasteiger partial charge in [0.2, 0.25) is 0 Å². The van der Waals surface area contributed by atoms with Gasteiger partial charge in [0.15, 0.2) is 5.60 Å². The number of carbonyl (C=O) groups excluding carboxylic acids is 1. The zero-order valence-electron chi connectivity index (χ0n) is 12.5. The van der Waals surface area contributed by atoms with E-state index >= 15 is 0 Å². The molecule has 0 bridgehead atoms. The van der Waals surface area contributed by atoms with Gasteiger partial charge in [-0.25, -0.2) is 19.3 Å². The molecule has 1 aliphatic rings. The summed E-state index contributed by atoms with van der Waals surface area (Å²) in [4.78, 5) is 21.4. The maximum absolute atomic E-state index is 11.8. The minimum Gasteiger partial charge on any atom is -0.445 e. The molecule has 0 spiro atoms. The molecule has 22 heavy (non-hydrogen) atoms. The van der Waals surface area contributed by atoms with Crippen LogP contribution < -0.4 is 9.44 Å². The lowest BCUT2D eigenvalue weighted by Crippen LogP contribution is -2.64. The third-order valence-electron chi connectivity index (χ3n) is 3.43. The molecule has 0 aliphatic carbocycles. The molecular weight excluding hydrogens is 312 g/mol. The molecule has 1 fully saturated rings. The predicted octanol–water partition coefficient (Wildman–Crippen LogP) is 1.57. The lowest BCUT2D eigenvalue weighted by Gasteiger charge is -2.49. The van der Waals surface area contributed by atoms with Gasteiger partial charge < -0.3 is 4.74 Å². The highest BCUT2D eigenvalue weighted by atomic mass is 32.2. The number of carbonyl (C=O) groups is 1. The fraction of sp³-hybridized carbons (Fsp3) is 0.462. The molecule has 8 nitrogen and oxygen atoms in total. The zero-order chi connectivity index (χ0) is 16.4. The first-order valence-electron chi connectivity index (χ1n) is 6.53. The summed E-state index contributed by atoms with van der Waals surface area (Å²) in [6, 6.07) is 8.16. The number of nitrogens with one attached hydrogen (secondary N) is 2. The van der Waals surface area contributed by atoms with Crippen LogP contribution in [0.25, 0.3) is 0 Å². The molecule has 9 heteroatoms. The molecule has 1 amide bonds.